The van der Waals surface area contributed by atoms with E-state index in [9.17, 15) is 4.79 Å². The van der Waals surface area contributed by atoms with Crippen molar-refractivity contribution in [1.82, 2.24) is 10.2 Å². The third kappa shape index (κ3) is 3.72. The molecule has 4 nitrogen and oxygen atoms in total. The molecular weight excluding hydrogens is 348 g/mol. The van der Waals surface area contributed by atoms with Crippen LogP contribution in [0.1, 0.15) is 44.1 Å². The summed E-state index contributed by atoms with van der Waals surface area (Å²) in [5, 5.41) is 4.13. The fourth-order valence-corrected chi connectivity index (χ4v) is 6.26. The van der Waals surface area contributed by atoms with Gasteiger partial charge in [-0.15, -0.1) is 0 Å². The van der Waals surface area contributed by atoms with Crippen molar-refractivity contribution >= 4 is 17.5 Å². The van der Waals surface area contributed by atoms with Crippen molar-refractivity contribution in [3.05, 3.63) is 28.8 Å². The molecule has 0 heterocycles. The van der Waals surface area contributed by atoms with Crippen LogP contribution < -0.4 is 10.1 Å². The number of amides is 1. The van der Waals surface area contributed by atoms with Gasteiger partial charge in [-0.3, -0.25) is 9.69 Å². The van der Waals surface area contributed by atoms with E-state index in [-0.39, 0.29) is 11.4 Å². The Morgan fingerprint density at radius 2 is 1.85 bits per heavy atom. The summed E-state index contributed by atoms with van der Waals surface area (Å²) in [7, 11) is 3.63. The summed E-state index contributed by atoms with van der Waals surface area (Å²) in [4.78, 5) is 14.8. The number of rotatable bonds is 6. The standard InChI is InChI=1S/C21H29ClN2O2/c1-24(12-17-8-18(22)3-4-19(17)26-2)13-20(25)23-21-9-14-5-15(10-21)7-16(6-14)11-21/h3-4,8,14-16H,5-7,9-13H2,1-2H3,(H,23,25). The Hall–Kier alpha value is -1.26. The topological polar surface area (TPSA) is 41.6 Å². The highest BCUT2D eigenvalue weighted by Crippen LogP contribution is 2.55. The van der Waals surface area contributed by atoms with Crippen molar-refractivity contribution < 1.29 is 9.53 Å². The molecule has 1 aromatic carbocycles. The zero-order valence-corrected chi connectivity index (χ0v) is 16.5. The van der Waals surface area contributed by atoms with E-state index in [4.69, 9.17) is 16.3 Å². The molecule has 0 aromatic heterocycles. The van der Waals surface area contributed by atoms with Crippen molar-refractivity contribution in [2.45, 2.75) is 50.6 Å². The van der Waals surface area contributed by atoms with Crippen LogP contribution in [-0.4, -0.2) is 37.0 Å². The fraction of sp³-hybridized carbons (Fsp3) is 0.667. The molecule has 4 bridgehead atoms. The van der Waals surface area contributed by atoms with Crippen molar-refractivity contribution in [1.29, 1.82) is 0 Å². The second-order valence-corrected chi connectivity index (χ2v) is 9.31. The van der Waals surface area contributed by atoms with Gasteiger partial charge < -0.3 is 10.1 Å². The highest BCUT2D eigenvalue weighted by Gasteiger charge is 2.51. The molecule has 4 aliphatic rings. The average Bonchev–Trinajstić information content (AvgIpc) is 2.52. The Morgan fingerprint density at radius 1 is 1.23 bits per heavy atom. The van der Waals surface area contributed by atoms with Gasteiger partial charge in [0.05, 0.1) is 13.7 Å². The highest BCUT2D eigenvalue weighted by atomic mass is 35.5. The lowest BCUT2D eigenvalue weighted by Crippen LogP contribution is -2.60. The molecule has 26 heavy (non-hydrogen) atoms. The first-order valence-corrected chi connectivity index (χ1v) is 10.1. The van der Waals surface area contributed by atoms with E-state index in [1.807, 2.05) is 30.1 Å². The zero-order valence-electron chi connectivity index (χ0n) is 15.8. The van der Waals surface area contributed by atoms with Gasteiger partial charge in [0, 0.05) is 22.7 Å². The Bertz CT molecular complexity index is 655. The van der Waals surface area contributed by atoms with Crippen LogP contribution in [0.15, 0.2) is 18.2 Å². The zero-order chi connectivity index (χ0) is 18.3. The molecule has 4 saturated carbocycles. The largest absolute Gasteiger partial charge is 0.496 e. The summed E-state index contributed by atoms with van der Waals surface area (Å²) in [6, 6.07) is 5.61. The Labute approximate surface area is 161 Å². The van der Waals surface area contributed by atoms with Gasteiger partial charge in [-0.05, 0) is 81.5 Å². The smallest absolute Gasteiger partial charge is 0.234 e. The van der Waals surface area contributed by atoms with Crippen molar-refractivity contribution in [3.63, 3.8) is 0 Å². The quantitative estimate of drug-likeness (QED) is 0.819. The lowest BCUT2D eigenvalue weighted by atomic mass is 9.53. The van der Waals surface area contributed by atoms with E-state index in [2.05, 4.69) is 5.32 Å². The Morgan fingerprint density at radius 3 is 2.42 bits per heavy atom. The Balaban J connectivity index is 1.36. The molecule has 1 amide bonds. The molecular formula is C21H29ClN2O2. The van der Waals surface area contributed by atoms with E-state index in [1.54, 1.807) is 7.11 Å². The van der Waals surface area contributed by atoms with Crippen LogP contribution in [-0.2, 0) is 11.3 Å². The number of hydrogen-bond donors (Lipinski definition) is 1. The first-order valence-electron chi connectivity index (χ1n) is 9.77. The summed E-state index contributed by atoms with van der Waals surface area (Å²) in [5.41, 5.74) is 1.09. The number of carbonyl (C=O) groups is 1. The minimum Gasteiger partial charge on any atom is -0.496 e. The lowest BCUT2D eigenvalue weighted by molar-refractivity contribution is -0.127. The highest BCUT2D eigenvalue weighted by molar-refractivity contribution is 6.30. The van der Waals surface area contributed by atoms with Gasteiger partial charge in [0.25, 0.3) is 0 Å². The summed E-state index contributed by atoms with van der Waals surface area (Å²) < 4.78 is 5.41. The van der Waals surface area contributed by atoms with Gasteiger partial charge in [-0.25, -0.2) is 0 Å². The minimum absolute atomic E-state index is 0.0837. The number of benzene rings is 1. The van der Waals surface area contributed by atoms with Crippen molar-refractivity contribution in [3.8, 4) is 5.75 Å². The first-order chi connectivity index (χ1) is 12.4. The molecule has 142 valence electrons. The maximum absolute atomic E-state index is 12.7. The molecule has 4 fully saturated rings. The molecule has 0 spiro atoms. The number of methoxy groups -OCH3 is 1. The molecule has 0 atom stereocenters. The molecule has 4 aliphatic carbocycles. The number of carbonyl (C=O) groups excluding carboxylic acids is 1. The van der Waals surface area contributed by atoms with Crippen molar-refractivity contribution in [2.75, 3.05) is 20.7 Å². The van der Waals surface area contributed by atoms with E-state index < -0.39 is 0 Å². The lowest BCUT2D eigenvalue weighted by Gasteiger charge is -2.57. The third-order valence-corrected chi connectivity index (χ3v) is 6.77. The fourth-order valence-electron chi connectivity index (χ4n) is 6.06. The number of nitrogens with zero attached hydrogens (tertiary/aromatic N) is 1. The summed E-state index contributed by atoms with van der Waals surface area (Å²) in [6.45, 7) is 1.04. The Kier molecular flexibility index (Phi) is 4.91. The molecule has 5 rings (SSSR count). The van der Waals surface area contributed by atoms with E-state index >= 15 is 0 Å². The number of halogens is 1. The number of hydrogen-bond acceptors (Lipinski definition) is 3. The SMILES string of the molecule is COc1ccc(Cl)cc1CN(C)CC(=O)NC12CC3CC(CC(C3)C1)C2. The molecule has 0 aliphatic heterocycles. The number of ether oxygens (including phenoxy) is 1. The monoisotopic (exact) mass is 376 g/mol. The molecule has 5 heteroatoms. The maximum atomic E-state index is 12.7. The second kappa shape index (κ2) is 7.05. The molecule has 1 aromatic rings. The minimum atomic E-state index is 0.0837. The van der Waals surface area contributed by atoms with E-state index in [0.29, 0.717) is 18.1 Å². The van der Waals surface area contributed by atoms with Crippen LogP contribution in [0.2, 0.25) is 5.02 Å². The van der Waals surface area contributed by atoms with Crippen LogP contribution in [0.4, 0.5) is 0 Å². The van der Waals surface area contributed by atoms with Crippen LogP contribution in [0.5, 0.6) is 5.75 Å². The predicted molar refractivity (Wildman–Crippen MR) is 103 cm³/mol. The first kappa shape index (κ1) is 18.1. The van der Waals surface area contributed by atoms with Gasteiger partial charge >= 0.3 is 0 Å². The van der Waals surface area contributed by atoms with Gasteiger partial charge in [0.1, 0.15) is 5.75 Å². The van der Waals surface area contributed by atoms with Crippen LogP contribution in [0, 0.1) is 17.8 Å². The number of nitrogens with one attached hydrogen (secondary N) is 1. The normalized spacial score (nSPS) is 32.1. The van der Waals surface area contributed by atoms with E-state index in [0.717, 1.165) is 29.1 Å². The second-order valence-electron chi connectivity index (χ2n) is 8.87. The maximum Gasteiger partial charge on any atom is 0.234 e. The van der Waals surface area contributed by atoms with Crippen LogP contribution >= 0.6 is 11.6 Å². The number of likely N-dealkylation sites (N-methyl/N-ethyl adjacent to an activating group) is 1. The molecule has 0 saturated heterocycles. The summed E-state index contributed by atoms with van der Waals surface area (Å²) >= 11 is 6.11. The average molecular weight is 377 g/mol. The summed E-state index contributed by atoms with van der Waals surface area (Å²) in [5.74, 6) is 3.48. The van der Waals surface area contributed by atoms with Gasteiger partial charge in [0.2, 0.25) is 5.91 Å². The molecule has 1 N–H and O–H groups in total. The van der Waals surface area contributed by atoms with Crippen LogP contribution in [0.25, 0.3) is 0 Å². The molecule has 0 unspecified atom stereocenters. The van der Waals surface area contributed by atoms with Gasteiger partial charge in [0.15, 0.2) is 0 Å². The predicted octanol–water partition coefficient (Wildman–Crippen LogP) is 3.87. The van der Waals surface area contributed by atoms with E-state index in [1.165, 1.54) is 38.5 Å². The van der Waals surface area contributed by atoms with Crippen molar-refractivity contribution in [2.24, 2.45) is 17.8 Å². The summed E-state index contributed by atoms with van der Waals surface area (Å²) in [6.07, 6.45) is 7.75. The molecule has 0 radical (unpaired) electrons. The van der Waals surface area contributed by atoms with Gasteiger partial charge in [-0.2, -0.15) is 0 Å². The van der Waals surface area contributed by atoms with Gasteiger partial charge in [-0.1, -0.05) is 11.6 Å². The van der Waals surface area contributed by atoms with Crippen LogP contribution in [0.3, 0.4) is 0 Å². The third-order valence-electron chi connectivity index (χ3n) is 6.54.